The lowest BCUT2D eigenvalue weighted by Crippen LogP contribution is -2.47. The first kappa shape index (κ1) is 25.7. The number of hydrogen-bond donors (Lipinski definition) is 1. The molecule has 0 atom stereocenters. The Balaban J connectivity index is 1.22. The van der Waals surface area contributed by atoms with Gasteiger partial charge in [-0.2, -0.15) is 18.3 Å². The van der Waals surface area contributed by atoms with Crippen molar-refractivity contribution >= 4 is 23.5 Å². The SMILES string of the molecule is COC(=O)c1ccc(-c2nc(Nc3cnn(C4CCN(C(=O)C5(C(F)(F)F)CC5)CC4)c3)ncc2C)cc1. The summed E-state index contributed by atoms with van der Waals surface area (Å²) in [5.74, 6) is -0.844. The highest BCUT2D eigenvalue weighted by Gasteiger charge is 2.69. The molecular weight excluding hydrogens is 501 g/mol. The minimum absolute atomic E-state index is 0.0292. The van der Waals surface area contributed by atoms with Crippen LogP contribution < -0.4 is 5.32 Å². The third kappa shape index (κ3) is 4.82. The minimum atomic E-state index is -4.49. The maximum absolute atomic E-state index is 13.3. The van der Waals surface area contributed by atoms with Crippen LogP contribution in [0.2, 0.25) is 0 Å². The number of anilines is 2. The number of carbonyl (C=O) groups is 2. The number of halogens is 3. The molecule has 200 valence electrons. The largest absolute Gasteiger partial charge is 0.465 e. The summed E-state index contributed by atoms with van der Waals surface area (Å²) in [6, 6.07) is 6.90. The van der Waals surface area contributed by atoms with Gasteiger partial charge in [0.2, 0.25) is 11.9 Å². The van der Waals surface area contributed by atoms with E-state index in [1.807, 2.05) is 6.92 Å². The summed E-state index contributed by atoms with van der Waals surface area (Å²) >= 11 is 0. The Labute approximate surface area is 217 Å². The second-order valence-electron chi connectivity index (χ2n) is 9.73. The van der Waals surface area contributed by atoms with Crippen molar-refractivity contribution < 1.29 is 27.5 Å². The smallest absolute Gasteiger partial charge is 0.403 e. The lowest BCUT2D eigenvalue weighted by atomic mass is 10.00. The number of benzene rings is 1. The molecule has 1 saturated heterocycles. The fourth-order valence-electron chi connectivity index (χ4n) is 4.79. The van der Waals surface area contributed by atoms with Crippen LogP contribution in [-0.2, 0) is 9.53 Å². The molecule has 0 bridgehead atoms. The molecule has 2 aromatic heterocycles. The van der Waals surface area contributed by atoms with Gasteiger partial charge in [0, 0.05) is 31.0 Å². The molecule has 1 aliphatic heterocycles. The number of nitrogens with one attached hydrogen (secondary N) is 1. The van der Waals surface area contributed by atoms with Gasteiger partial charge in [-0.05, 0) is 50.3 Å². The van der Waals surface area contributed by atoms with Crippen molar-refractivity contribution in [1.82, 2.24) is 24.6 Å². The van der Waals surface area contributed by atoms with Crippen LogP contribution in [0, 0.1) is 12.3 Å². The Kier molecular flexibility index (Phi) is 6.58. The lowest BCUT2D eigenvalue weighted by molar-refractivity contribution is -0.199. The van der Waals surface area contributed by atoms with E-state index in [1.165, 1.54) is 12.0 Å². The molecule has 3 heterocycles. The summed E-state index contributed by atoms with van der Waals surface area (Å²) in [6.45, 7) is 2.43. The average molecular weight is 529 g/mol. The van der Waals surface area contributed by atoms with E-state index in [9.17, 15) is 22.8 Å². The summed E-state index contributed by atoms with van der Waals surface area (Å²) in [6.07, 6.45) is 1.44. The van der Waals surface area contributed by atoms with Gasteiger partial charge in [-0.15, -0.1) is 0 Å². The number of aromatic nitrogens is 4. The highest BCUT2D eigenvalue weighted by Crippen LogP contribution is 2.58. The maximum atomic E-state index is 13.3. The van der Waals surface area contributed by atoms with Crippen LogP contribution in [0.4, 0.5) is 24.8 Å². The van der Waals surface area contributed by atoms with Crippen molar-refractivity contribution in [3.05, 3.63) is 54.0 Å². The standard InChI is InChI=1S/C26H27F3N6O3/c1-16-13-30-24(33-21(16)17-3-5-18(6-4-17)22(36)38-2)32-19-14-31-35(15-19)20-7-11-34(12-8-20)23(37)25(9-10-25)26(27,28)29/h3-6,13-15,20H,7-12H2,1-2H3,(H,30,32,33). The molecule has 12 heteroatoms. The molecule has 1 aromatic carbocycles. The van der Waals surface area contributed by atoms with Gasteiger partial charge in [0.25, 0.3) is 0 Å². The second kappa shape index (κ2) is 9.73. The zero-order valence-electron chi connectivity index (χ0n) is 21.0. The first-order valence-electron chi connectivity index (χ1n) is 12.3. The molecule has 2 aliphatic rings. The van der Waals surface area contributed by atoms with Gasteiger partial charge in [0.1, 0.15) is 5.41 Å². The summed E-state index contributed by atoms with van der Waals surface area (Å²) in [5.41, 5.74) is 1.31. The van der Waals surface area contributed by atoms with Gasteiger partial charge < -0.3 is 15.0 Å². The van der Waals surface area contributed by atoms with Crippen LogP contribution in [0.25, 0.3) is 11.3 Å². The van der Waals surface area contributed by atoms with E-state index in [4.69, 9.17) is 4.74 Å². The normalized spacial score (nSPS) is 17.2. The topological polar surface area (TPSA) is 102 Å². The summed E-state index contributed by atoms with van der Waals surface area (Å²) in [7, 11) is 1.33. The van der Waals surface area contributed by atoms with Crippen LogP contribution in [-0.4, -0.2) is 62.9 Å². The number of alkyl halides is 3. The molecule has 9 nitrogen and oxygen atoms in total. The van der Waals surface area contributed by atoms with Crippen LogP contribution in [0.5, 0.6) is 0 Å². The molecule has 0 unspecified atom stereocenters. The van der Waals surface area contributed by atoms with Crippen molar-refractivity contribution in [1.29, 1.82) is 0 Å². The van der Waals surface area contributed by atoms with E-state index >= 15 is 0 Å². The van der Waals surface area contributed by atoms with Crippen LogP contribution in [0.3, 0.4) is 0 Å². The Bertz CT molecular complexity index is 1340. The summed E-state index contributed by atoms with van der Waals surface area (Å²) in [4.78, 5) is 34.6. The van der Waals surface area contributed by atoms with Crippen molar-refractivity contribution in [2.75, 3.05) is 25.5 Å². The first-order chi connectivity index (χ1) is 18.1. The van der Waals surface area contributed by atoms with E-state index in [1.54, 1.807) is 47.5 Å². The van der Waals surface area contributed by atoms with Gasteiger partial charge in [0.15, 0.2) is 0 Å². The molecule has 38 heavy (non-hydrogen) atoms. The molecule has 3 aromatic rings. The number of rotatable bonds is 6. The Hall–Kier alpha value is -3.96. The number of likely N-dealkylation sites (tertiary alicyclic amines) is 1. The van der Waals surface area contributed by atoms with E-state index in [-0.39, 0.29) is 32.0 Å². The number of esters is 1. The van der Waals surface area contributed by atoms with E-state index < -0.39 is 23.5 Å². The van der Waals surface area contributed by atoms with Gasteiger partial charge in [-0.25, -0.2) is 14.8 Å². The molecule has 1 aliphatic carbocycles. The third-order valence-corrected chi connectivity index (χ3v) is 7.24. The van der Waals surface area contributed by atoms with Crippen LogP contribution in [0.1, 0.15) is 47.6 Å². The fourth-order valence-corrected chi connectivity index (χ4v) is 4.79. The molecule has 0 radical (unpaired) electrons. The lowest BCUT2D eigenvalue weighted by Gasteiger charge is -2.35. The molecular formula is C26H27F3N6O3. The molecule has 5 rings (SSSR count). The van der Waals surface area contributed by atoms with Crippen molar-refractivity contribution in [3.63, 3.8) is 0 Å². The second-order valence-corrected chi connectivity index (χ2v) is 9.73. The predicted octanol–water partition coefficient (Wildman–Crippen LogP) is 4.68. The fraction of sp³-hybridized carbons (Fsp3) is 0.423. The van der Waals surface area contributed by atoms with E-state index in [0.29, 0.717) is 35.7 Å². The van der Waals surface area contributed by atoms with Gasteiger partial charge in [-0.1, -0.05) is 12.1 Å². The quantitative estimate of drug-likeness (QED) is 0.464. The molecule has 1 saturated carbocycles. The summed E-state index contributed by atoms with van der Waals surface area (Å²) in [5, 5.41) is 7.55. The molecule has 0 spiro atoms. The number of nitrogens with zero attached hydrogens (tertiary/aromatic N) is 5. The zero-order chi connectivity index (χ0) is 27.1. The summed E-state index contributed by atoms with van der Waals surface area (Å²) < 4.78 is 46.5. The number of aryl methyl sites for hydroxylation is 1. The average Bonchev–Trinajstić information content (AvgIpc) is 3.63. The van der Waals surface area contributed by atoms with Crippen molar-refractivity contribution in [2.24, 2.45) is 5.41 Å². The first-order valence-corrected chi connectivity index (χ1v) is 12.3. The van der Waals surface area contributed by atoms with Gasteiger partial charge in [-0.3, -0.25) is 9.48 Å². The third-order valence-electron chi connectivity index (χ3n) is 7.24. The van der Waals surface area contributed by atoms with Crippen molar-refractivity contribution in [3.8, 4) is 11.3 Å². The number of amides is 1. The van der Waals surface area contributed by atoms with Crippen molar-refractivity contribution in [2.45, 2.75) is 44.8 Å². The molecule has 1 amide bonds. The number of methoxy groups -OCH3 is 1. The monoisotopic (exact) mass is 528 g/mol. The van der Waals surface area contributed by atoms with Crippen LogP contribution >= 0.6 is 0 Å². The van der Waals surface area contributed by atoms with Gasteiger partial charge in [0.05, 0.1) is 36.3 Å². The number of hydrogen-bond acceptors (Lipinski definition) is 7. The minimum Gasteiger partial charge on any atom is -0.465 e. The highest BCUT2D eigenvalue weighted by atomic mass is 19.4. The molecule has 1 N–H and O–H groups in total. The van der Waals surface area contributed by atoms with E-state index in [0.717, 1.165) is 11.1 Å². The Morgan fingerprint density at radius 3 is 2.39 bits per heavy atom. The predicted molar refractivity (Wildman–Crippen MR) is 132 cm³/mol. The Morgan fingerprint density at radius 2 is 1.79 bits per heavy atom. The maximum Gasteiger partial charge on any atom is 0.403 e. The Morgan fingerprint density at radius 1 is 1.11 bits per heavy atom. The van der Waals surface area contributed by atoms with E-state index in [2.05, 4.69) is 20.4 Å². The number of ether oxygens (including phenoxy) is 1. The van der Waals surface area contributed by atoms with Gasteiger partial charge >= 0.3 is 12.1 Å². The van der Waals surface area contributed by atoms with Crippen LogP contribution in [0.15, 0.2) is 42.9 Å². The highest BCUT2D eigenvalue weighted by molar-refractivity contribution is 5.90. The number of carbonyl (C=O) groups excluding carboxylic acids is 2. The number of piperidine rings is 1. The molecule has 2 fully saturated rings. The zero-order valence-corrected chi connectivity index (χ0v) is 21.0.